The fraction of sp³-hybridized carbons (Fsp3) is 0.0588. The summed E-state index contributed by atoms with van der Waals surface area (Å²) in [4.78, 5) is 4.78. The first-order valence-corrected chi connectivity index (χ1v) is 25.7. The molecule has 6 nitrogen and oxygen atoms in total. The SMILES string of the molecule is Cc1cccc(N(C2=CCCc3c2oc2ccccc32)c2ccc3c(c2)c2cccc4c5cc6c(cc5n3c24)c2cccc3c4cc(N(c5cccc(C)c5)c5cccc7c5oc5ccccc57)ccc4n6c32)c1. The number of para-hydroxylation sites is 5. The van der Waals surface area contributed by atoms with Gasteiger partial charge in [-0.2, -0.15) is 0 Å². The molecule has 0 atom stereocenters. The molecular formula is C68H44N4O2. The van der Waals surface area contributed by atoms with E-state index in [-0.39, 0.29) is 0 Å². The van der Waals surface area contributed by atoms with Crippen molar-refractivity contribution in [3.63, 3.8) is 0 Å². The van der Waals surface area contributed by atoms with Gasteiger partial charge in [0.2, 0.25) is 0 Å². The van der Waals surface area contributed by atoms with E-state index in [0.29, 0.717) is 0 Å². The van der Waals surface area contributed by atoms with Crippen LogP contribution in [-0.4, -0.2) is 8.80 Å². The maximum absolute atomic E-state index is 6.73. The maximum Gasteiger partial charge on any atom is 0.159 e. The van der Waals surface area contributed by atoms with Crippen molar-refractivity contribution in [3.8, 4) is 0 Å². The van der Waals surface area contributed by atoms with Crippen LogP contribution in [0.1, 0.15) is 28.9 Å². The number of fused-ring (bicyclic) bond motifs is 18. The number of hydrogen-bond donors (Lipinski definition) is 0. The summed E-state index contributed by atoms with van der Waals surface area (Å²) in [6.07, 6.45) is 4.27. The molecule has 6 heterocycles. The molecule has 0 amide bonds. The van der Waals surface area contributed by atoms with E-state index >= 15 is 0 Å². The highest BCUT2D eigenvalue weighted by molar-refractivity contribution is 6.29. The van der Waals surface area contributed by atoms with Gasteiger partial charge in [0.25, 0.3) is 0 Å². The van der Waals surface area contributed by atoms with Gasteiger partial charge in [-0.3, -0.25) is 0 Å². The third-order valence-corrected chi connectivity index (χ3v) is 16.3. The van der Waals surface area contributed by atoms with Crippen molar-refractivity contribution >= 4 is 143 Å². The summed E-state index contributed by atoms with van der Waals surface area (Å²) in [5, 5.41) is 13.4. The topological polar surface area (TPSA) is 41.6 Å². The monoisotopic (exact) mass is 948 g/mol. The van der Waals surface area contributed by atoms with E-state index in [1.807, 2.05) is 6.07 Å². The van der Waals surface area contributed by atoms with Crippen molar-refractivity contribution in [2.75, 3.05) is 9.80 Å². The highest BCUT2D eigenvalue weighted by Gasteiger charge is 2.29. The Hall–Kier alpha value is -9.52. The van der Waals surface area contributed by atoms with Gasteiger partial charge < -0.3 is 27.4 Å². The van der Waals surface area contributed by atoms with E-state index in [0.717, 1.165) is 80.3 Å². The van der Waals surface area contributed by atoms with Gasteiger partial charge in [0.1, 0.15) is 11.2 Å². The largest absolute Gasteiger partial charge is 0.454 e. The molecule has 0 aliphatic heterocycles. The second kappa shape index (κ2) is 14.6. The third-order valence-electron chi connectivity index (χ3n) is 16.3. The van der Waals surface area contributed by atoms with E-state index in [1.165, 1.54) is 98.3 Å². The molecule has 1 aliphatic carbocycles. The lowest BCUT2D eigenvalue weighted by Gasteiger charge is -2.29. The van der Waals surface area contributed by atoms with Crippen LogP contribution in [0.4, 0.5) is 28.4 Å². The molecule has 6 aromatic heterocycles. The fourth-order valence-corrected chi connectivity index (χ4v) is 13.2. The van der Waals surface area contributed by atoms with Crippen molar-refractivity contribution in [3.05, 3.63) is 229 Å². The van der Waals surface area contributed by atoms with Gasteiger partial charge >= 0.3 is 0 Å². The molecule has 10 aromatic carbocycles. The van der Waals surface area contributed by atoms with Gasteiger partial charge in [-0.25, -0.2) is 0 Å². The molecule has 0 bridgehead atoms. The Morgan fingerprint density at radius 1 is 0.378 bits per heavy atom. The Kier molecular flexibility index (Phi) is 7.89. The number of hydrogen-bond acceptors (Lipinski definition) is 4. The Bertz CT molecular complexity index is 5080. The summed E-state index contributed by atoms with van der Waals surface area (Å²) in [5.74, 6) is 0.961. The molecule has 6 heteroatoms. The molecule has 0 saturated heterocycles. The van der Waals surface area contributed by atoms with E-state index in [1.54, 1.807) is 0 Å². The minimum Gasteiger partial charge on any atom is -0.454 e. The molecule has 0 N–H and O–H groups in total. The molecule has 348 valence electrons. The summed E-state index contributed by atoms with van der Waals surface area (Å²) < 4.78 is 18.5. The molecule has 16 aromatic rings. The molecule has 0 spiro atoms. The molecule has 0 saturated carbocycles. The number of nitrogens with zero attached hydrogens (tertiary/aromatic N) is 4. The molecule has 0 radical (unpaired) electrons. The van der Waals surface area contributed by atoms with Crippen LogP contribution in [0.3, 0.4) is 0 Å². The van der Waals surface area contributed by atoms with Gasteiger partial charge in [0.15, 0.2) is 11.3 Å². The van der Waals surface area contributed by atoms with Crippen molar-refractivity contribution < 1.29 is 8.83 Å². The highest BCUT2D eigenvalue weighted by Crippen LogP contribution is 2.49. The van der Waals surface area contributed by atoms with Crippen LogP contribution in [0.15, 0.2) is 215 Å². The maximum atomic E-state index is 6.73. The predicted molar refractivity (Wildman–Crippen MR) is 308 cm³/mol. The first-order valence-electron chi connectivity index (χ1n) is 25.7. The van der Waals surface area contributed by atoms with Gasteiger partial charge in [0, 0.05) is 87.6 Å². The second-order valence-electron chi connectivity index (χ2n) is 20.5. The normalized spacial score (nSPS) is 13.2. The Labute approximate surface area is 424 Å². The summed E-state index contributed by atoms with van der Waals surface area (Å²) in [5.41, 5.74) is 20.2. The summed E-state index contributed by atoms with van der Waals surface area (Å²) in [6.45, 7) is 4.33. The average Bonchev–Trinajstić information content (AvgIpc) is 4.30. The van der Waals surface area contributed by atoms with E-state index in [9.17, 15) is 0 Å². The summed E-state index contributed by atoms with van der Waals surface area (Å²) in [7, 11) is 0. The Morgan fingerprint density at radius 3 is 1.49 bits per heavy atom. The Morgan fingerprint density at radius 2 is 0.865 bits per heavy atom. The van der Waals surface area contributed by atoms with Crippen molar-refractivity contribution in [1.29, 1.82) is 0 Å². The van der Waals surface area contributed by atoms with E-state index < -0.39 is 0 Å². The zero-order chi connectivity index (χ0) is 48.5. The quantitative estimate of drug-likeness (QED) is 0.167. The molecule has 0 unspecified atom stereocenters. The molecule has 1 aliphatic rings. The van der Waals surface area contributed by atoms with Crippen LogP contribution in [0.2, 0.25) is 0 Å². The number of aryl methyl sites for hydroxylation is 3. The van der Waals surface area contributed by atoms with E-state index in [2.05, 4.69) is 233 Å². The van der Waals surface area contributed by atoms with Gasteiger partial charge in [-0.15, -0.1) is 0 Å². The lowest BCUT2D eigenvalue weighted by molar-refractivity contribution is 0.588. The van der Waals surface area contributed by atoms with Crippen molar-refractivity contribution in [1.82, 2.24) is 8.80 Å². The smallest absolute Gasteiger partial charge is 0.159 e. The summed E-state index contributed by atoms with van der Waals surface area (Å²) in [6, 6.07) is 73.6. The third kappa shape index (κ3) is 5.33. The number of furan rings is 2. The van der Waals surface area contributed by atoms with Crippen LogP contribution in [0, 0.1) is 13.8 Å². The number of aromatic nitrogens is 2. The second-order valence-corrected chi connectivity index (χ2v) is 20.5. The minimum absolute atomic E-state index is 0.876. The first-order chi connectivity index (χ1) is 36.5. The lowest BCUT2D eigenvalue weighted by atomic mass is 9.97. The number of rotatable bonds is 6. The zero-order valence-corrected chi connectivity index (χ0v) is 40.6. The highest BCUT2D eigenvalue weighted by atomic mass is 16.3. The lowest BCUT2D eigenvalue weighted by Crippen LogP contribution is -2.18. The number of benzene rings is 10. The molecule has 17 rings (SSSR count). The van der Waals surface area contributed by atoms with Crippen LogP contribution in [0.25, 0.3) is 115 Å². The van der Waals surface area contributed by atoms with Crippen LogP contribution in [0.5, 0.6) is 0 Å². The van der Waals surface area contributed by atoms with Crippen LogP contribution >= 0.6 is 0 Å². The standard InChI is InChI=1S/C68H44N4O2/c1-39-13-7-15-41(33-39)69(59-25-11-23-51-45-17-3-5-27-63(45)73-67(51)59)43-29-31-57-53(35-43)47-19-9-21-49-55-38-62-56(37-61(55)71(57)65(47)49)50-22-10-20-48-54-36-44(30-32-58(54)72(62)66(48)50)70(42-16-8-14-40(2)34-42)60-26-12-24-52-46-18-4-6-28-64(46)74-68(52)60/h3-11,13-23,25-38H,12,24H2,1-2H3. The molecule has 74 heavy (non-hydrogen) atoms. The molecule has 0 fully saturated rings. The van der Waals surface area contributed by atoms with Gasteiger partial charge in [-0.1, -0.05) is 115 Å². The number of allylic oxidation sites excluding steroid dienone is 1. The van der Waals surface area contributed by atoms with Gasteiger partial charge in [0.05, 0.1) is 44.5 Å². The fourth-order valence-electron chi connectivity index (χ4n) is 13.2. The van der Waals surface area contributed by atoms with Crippen molar-refractivity contribution in [2.24, 2.45) is 0 Å². The van der Waals surface area contributed by atoms with E-state index in [4.69, 9.17) is 8.83 Å². The first kappa shape index (κ1) is 40.1. The predicted octanol–water partition coefficient (Wildman–Crippen LogP) is 18.8. The van der Waals surface area contributed by atoms with Crippen molar-refractivity contribution in [2.45, 2.75) is 26.7 Å². The summed E-state index contributed by atoms with van der Waals surface area (Å²) >= 11 is 0. The number of anilines is 5. The average molecular weight is 949 g/mol. The van der Waals surface area contributed by atoms with Crippen LogP contribution in [-0.2, 0) is 6.42 Å². The minimum atomic E-state index is 0.876. The zero-order valence-electron chi connectivity index (χ0n) is 40.6. The van der Waals surface area contributed by atoms with Gasteiger partial charge in [-0.05, 0) is 129 Å². The molecular weight excluding hydrogens is 905 g/mol. The van der Waals surface area contributed by atoms with Crippen LogP contribution < -0.4 is 9.80 Å². The Balaban J connectivity index is 0.855.